The SMILES string of the molecule is CNC1CCN(Cc2ccc(Cl)cc2-n2cncn2)C1.Cl. The Bertz CT molecular complexity index is 573. The van der Waals surface area contributed by atoms with Crippen LogP contribution in [-0.4, -0.2) is 45.8 Å². The first-order chi connectivity index (χ1) is 9.76. The second kappa shape index (κ2) is 7.22. The Morgan fingerprint density at radius 2 is 2.29 bits per heavy atom. The van der Waals surface area contributed by atoms with E-state index < -0.39 is 0 Å². The number of benzene rings is 1. The van der Waals surface area contributed by atoms with Crippen LogP contribution in [0.1, 0.15) is 12.0 Å². The Morgan fingerprint density at radius 3 is 2.95 bits per heavy atom. The molecular formula is C14H19Cl2N5. The number of halogens is 2. The average molecular weight is 328 g/mol. The summed E-state index contributed by atoms with van der Waals surface area (Å²) < 4.78 is 1.77. The van der Waals surface area contributed by atoms with E-state index in [1.807, 2.05) is 19.2 Å². The highest BCUT2D eigenvalue weighted by Crippen LogP contribution is 2.22. The Balaban J connectivity index is 0.00000161. The van der Waals surface area contributed by atoms with Crippen LogP contribution in [0, 0.1) is 0 Å². The van der Waals surface area contributed by atoms with Crippen LogP contribution in [0.3, 0.4) is 0 Å². The summed E-state index contributed by atoms with van der Waals surface area (Å²) >= 11 is 6.11. The second-order valence-corrected chi connectivity index (χ2v) is 5.56. The molecule has 0 aliphatic carbocycles. The van der Waals surface area contributed by atoms with Gasteiger partial charge in [-0.25, -0.2) is 9.67 Å². The fourth-order valence-electron chi connectivity index (χ4n) is 2.67. The van der Waals surface area contributed by atoms with E-state index in [0.717, 1.165) is 25.3 Å². The zero-order valence-corrected chi connectivity index (χ0v) is 13.4. The van der Waals surface area contributed by atoms with Crippen molar-refractivity contribution in [2.75, 3.05) is 20.1 Å². The summed E-state index contributed by atoms with van der Waals surface area (Å²) in [6.07, 6.45) is 4.44. The number of hydrogen-bond donors (Lipinski definition) is 1. The van der Waals surface area contributed by atoms with Crippen LogP contribution in [-0.2, 0) is 6.54 Å². The van der Waals surface area contributed by atoms with Gasteiger partial charge in [-0.15, -0.1) is 12.4 Å². The molecule has 3 rings (SSSR count). The van der Waals surface area contributed by atoms with Crippen molar-refractivity contribution in [2.24, 2.45) is 0 Å². The molecule has 1 fully saturated rings. The first-order valence-corrected chi connectivity index (χ1v) is 7.17. The summed E-state index contributed by atoms with van der Waals surface area (Å²) in [5, 5.41) is 8.27. The molecule has 0 saturated carbocycles. The molecule has 5 nitrogen and oxygen atoms in total. The average Bonchev–Trinajstić information content (AvgIpc) is 3.11. The lowest BCUT2D eigenvalue weighted by Gasteiger charge is -2.18. The second-order valence-electron chi connectivity index (χ2n) is 5.12. The summed E-state index contributed by atoms with van der Waals surface area (Å²) in [6, 6.07) is 6.55. The van der Waals surface area contributed by atoms with E-state index in [2.05, 4.69) is 26.4 Å². The summed E-state index contributed by atoms with van der Waals surface area (Å²) in [7, 11) is 2.03. The lowest BCUT2D eigenvalue weighted by atomic mass is 10.1. The molecule has 0 spiro atoms. The highest BCUT2D eigenvalue weighted by molar-refractivity contribution is 6.30. The van der Waals surface area contributed by atoms with Gasteiger partial charge in [0.25, 0.3) is 0 Å². The topological polar surface area (TPSA) is 46.0 Å². The van der Waals surface area contributed by atoms with Crippen molar-refractivity contribution in [3.8, 4) is 5.69 Å². The van der Waals surface area contributed by atoms with E-state index >= 15 is 0 Å². The van der Waals surface area contributed by atoms with Crippen molar-refractivity contribution >= 4 is 24.0 Å². The van der Waals surface area contributed by atoms with E-state index in [0.29, 0.717) is 11.1 Å². The van der Waals surface area contributed by atoms with E-state index in [-0.39, 0.29) is 12.4 Å². The lowest BCUT2D eigenvalue weighted by molar-refractivity contribution is 0.322. The number of likely N-dealkylation sites (tertiary alicyclic amines) is 1. The number of aromatic nitrogens is 3. The van der Waals surface area contributed by atoms with Gasteiger partial charge in [0.2, 0.25) is 0 Å². The Morgan fingerprint density at radius 1 is 1.43 bits per heavy atom. The molecule has 2 aromatic rings. The van der Waals surface area contributed by atoms with E-state index in [1.165, 1.54) is 18.3 Å². The number of nitrogens with one attached hydrogen (secondary N) is 1. The molecule has 1 N–H and O–H groups in total. The van der Waals surface area contributed by atoms with Gasteiger partial charge < -0.3 is 5.32 Å². The summed E-state index contributed by atoms with van der Waals surface area (Å²) in [5.41, 5.74) is 2.22. The van der Waals surface area contributed by atoms with Gasteiger partial charge in [-0.2, -0.15) is 5.10 Å². The van der Waals surface area contributed by atoms with E-state index in [1.54, 1.807) is 11.0 Å². The van der Waals surface area contributed by atoms with Crippen molar-refractivity contribution in [1.82, 2.24) is 25.0 Å². The zero-order valence-electron chi connectivity index (χ0n) is 11.9. The fraction of sp³-hybridized carbons (Fsp3) is 0.429. The lowest BCUT2D eigenvalue weighted by Crippen LogP contribution is -2.29. The molecule has 114 valence electrons. The fourth-order valence-corrected chi connectivity index (χ4v) is 2.84. The normalized spacial score (nSPS) is 18.7. The van der Waals surface area contributed by atoms with Crippen LogP contribution in [0.25, 0.3) is 5.69 Å². The Kier molecular flexibility index (Phi) is 5.58. The molecule has 0 bridgehead atoms. The minimum atomic E-state index is 0. The van der Waals surface area contributed by atoms with Crippen molar-refractivity contribution < 1.29 is 0 Å². The maximum atomic E-state index is 6.11. The number of nitrogens with zero attached hydrogens (tertiary/aromatic N) is 4. The highest BCUT2D eigenvalue weighted by Gasteiger charge is 2.21. The van der Waals surface area contributed by atoms with Gasteiger partial charge in [-0.05, 0) is 31.2 Å². The van der Waals surface area contributed by atoms with Crippen LogP contribution in [0.2, 0.25) is 5.02 Å². The molecule has 1 aromatic carbocycles. The molecule has 1 aliphatic heterocycles. The largest absolute Gasteiger partial charge is 0.316 e. The van der Waals surface area contributed by atoms with E-state index in [9.17, 15) is 0 Å². The minimum absolute atomic E-state index is 0. The molecule has 1 atom stereocenters. The predicted octanol–water partition coefficient (Wildman–Crippen LogP) is 2.14. The number of hydrogen-bond acceptors (Lipinski definition) is 4. The van der Waals surface area contributed by atoms with Gasteiger partial charge in [0.15, 0.2) is 0 Å². The molecule has 2 heterocycles. The zero-order chi connectivity index (χ0) is 13.9. The third-order valence-electron chi connectivity index (χ3n) is 3.79. The van der Waals surface area contributed by atoms with Gasteiger partial charge in [0, 0.05) is 30.7 Å². The van der Waals surface area contributed by atoms with Crippen LogP contribution in [0.4, 0.5) is 0 Å². The summed E-state index contributed by atoms with van der Waals surface area (Å²) in [6.45, 7) is 3.10. The minimum Gasteiger partial charge on any atom is -0.316 e. The predicted molar refractivity (Wildman–Crippen MR) is 86.4 cm³/mol. The van der Waals surface area contributed by atoms with Gasteiger partial charge in [0.05, 0.1) is 5.69 Å². The summed E-state index contributed by atoms with van der Waals surface area (Å²) in [4.78, 5) is 6.46. The molecular weight excluding hydrogens is 309 g/mol. The number of likely N-dealkylation sites (N-methyl/N-ethyl adjacent to an activating group) is 1. The van der Waals surface area contributed by atoms with Crippen molar-refractivity contribution in [3.63, 3.8) is 0 Å². The monoisotopic (exact) mass is 327 g/mol. The Labute approximate surface area is 135 Å². The Hall–Kier alpha value is -1.14. The van der Waals surface area contributed by atoms with Crippen LogP contribution < -0.4 is 5.32 Å². The van der Waals surface area contributed by atoms with Crippen LogP contribution in [0.15, 0.2) is 30.9 Å². The highest BCUT2D eigenvalue weighted by atomic mass is 35.5. The van der Waals surface area contributed by atoms with Crippen molar-refractivity contribution in [3.05, 3.63) is 41.4 Å². The third kappa shape index (κ3) is 3.74. The number of rotatable bonds is 4. The molecule has 7 heteroatoms. The maximum absolute atomic E-state index is 6.11. The molecule has 0 radical (unpaired) electrons. The van der Waals surface area contributed by atoms with Gasteiger partial charge in [-0.1, -0.05) is 17.7 Å². The molecule has 0 amide bonds. The third-order valence-corrected chi connectivity index (χ3v) is 4.02. The molecule has 1 aromatic heterocycles. The quantitative estimate of drug-likeness (QED) is 0.934. The van der Waals surface area contributed by atoms with Crippen molar-refractivity contribution in [2.45, 2.75) is 19.0 Å². The van der Waals surface area contributed by atoms with Crippen LogP contribution in [0.5, 0.6) is 0 Å². The van der Waals surface area contributed by atoms with Gasteiger partial charge >= 0.3 is 0 Å². The molecule has 21 heavy (non-hydrogen) atoms. The molecule has 1 unspecified atom stereocenters. The van der Waals surface area contributed by atoms with Gasteiger partial charge in [0.1, 0.15) is 12.7 Å². The molecule has 1 saturated heterocycles. The van der Waals surface area contributed by atoms with Crippen molar-refractivity contribution in [1.29, 1.82) is 0 Å². The van der Waals surface area contributed by atoms with E-state index in [4.69, 9.17) is 11.6 Å². The van der Waals surface area contributed by atoms with Crippen LogP contribution >= 0.6 is 24.0 Å². The first-order valence-electron chi connectivity index (χ1n) is 6.79. The van der Waals surface area contributed by atoms with Gasteiger partial charge in [-0.3, -0.25) is 4.90 Å². The standard InChI is InChI=1S/C14H18ClN5.ClH/c1-16-13-4-5-19(8-13)7-11-2-3-12(15)6-14(11)20-10-17-9-18-20;/h2-3,6,9-10,13,16H,4-5,7-8H2,1H3;1H. The summed E-state index contributed by atoms with van der Waals surface area (Å²) in [5.74, 6) is 0. The smallest absolute Gasteiger partial charge is 0.138 e. The molecule has 1 aliphatic rings. The first kappa shape index (κ1) is 16.2. The maximum Gasteiger partial charge on any atom is 0.138 e.